The van der Waals surface area contributed by atoms with Crippen molar-refractivity contribution in [3.05, 3.63) is 65.2 Å². The monoisotopic (exact) mass is 521 g/mol. The molecule has 0 aromatic heterocycles. The standard InChI is InChI=1S/C32H47N3O3/c1-32(2,3)38-31(36)33-18-23-35(24-27-10-5-6-11-28(27)25-14-15-25)20-9-19-34-21-16-26(17-22-34)29-12-7-8-13-30(29)37-4/h5-8,10-13,25-26H,9,14-24H2,1-4H3,(H,33,36). The Morgan fingerprint density at radius 1 is 0.947 bits per heavy atom. The SMILES string of the molecule is COc1ccccc1C1CCN(CCCN(CCNC(=O)OC(C)(C)C)Cc2ccccc2C2CC2)CC1. The number of hydrogen-bond acceptors (Lipinski definition) is 5. The summed E-state index contributed by atoms with van der Waals surface area (Å²) in [7, 11) is 1.77. The number of alkyl carbamates (subject to hydrolysis) is 1. The highest BCUT2D eigenvalue weighted by Crippen LogP contribution is 2.41. The van der Waals surface area contributed by atoms with Gasteiger partial charge in [-0.25, -0.2) is 4.79 Å². The summed E-state index contributed by atoms with van der Waals surface area (Å²) < 4.78 is 11.0. The topological polar surface area (TPSA) is 54.0 Å². The third kappa shape index (κ3) is 8.74. The van der Waals surface area contributed by atoms with Crippen molar-refractivity contribution in [2.75, 3.05) is 46.4 Å². The van der Waals surface area contributed by atoms with Crippen molar-refractivity contribution < 1.29 is 14.3 Å². The predicted octanol–water partition coefficient (Wildman–Crippen LogP) is 6.17. The van der Waals surface area contributed by atoms with Crippen LogP contribution in [0.15, 0.2) is 48.5 Å². The number of nitrogens with one attached hydrogen (secondary N) is 1. The van der Waals surface area contributed by atoms with Gasteiger partial charge < -0.3 is 19.7 Å². The smallest absolute Gasteiger partial charge is 0.407 e. The summed E-state index contributed by atoms with van der Waals surface area (Å²) in [6.45, 7) is 12.4. The molecule has 1 aliphatic carbocycles. The highest BCUT2D eigenvalue weighted by Gasteiger charge is 2.26. The summed E-state index contributed by atoms with van der Waals surface area (Å²) in [5.74, 6) is 2.34. The molecule has 0 unspecified atom stereocenters. The number of carbonyl (C=O) groups is 1. The van der Waals surface area contributed by atoms with E-state index in [1.54, 1.807) is 7.11 Å². The maximum Gasteiger partial charge on any atom is 0.407 e. The van der Waals surface area contributed by atoms with Gasteiger partial charge in [-0.15, -0.1) is 0 Å². The zero-order chi connectivity index (χ0) is 27.0. The molecule has 208 valence electrons. The minimum atomic E-state index is -0.480. The first kappa shape index (κ1) is 28.4. The highest BCUT2D eigenvalue weighted by atomic mass is 16.6. The van der Waals surface area contributed by atoms with E-state index in [2.05, 4.69) is 63.6 Å². The van der Waals surface area contributed by atoms with Crippen molar-refractivity contribution >= 4 is 6.09 Å². The van der Waals surface area contributed by atoms with Gasteiger partial charge in [-0.2, -0.15) is 0 Å². The van der Waals surface area contributed by atoms with Gasteiger partial charge in [0.05, 0.1) is 7.11 Å². The van der Waals surface area contributed by atoms with Crippen molar-refractivity contribution in [2.45, 2.75) is 76.9 Å². The lowest BCUT2D eigenvalue weighted by molar-refractivity contribution is 0.0521. The zero-order valence-electron chi connectivity index (χ0n) is 23.9. The fraction of sp³-hybridized carbons (Fsp3) is 0.594. The van der Waals surface area contributed by atoms with Gasteiger partial charge in [-0.3, -0.25) is 4.90 Å². The fourth-order valence-corrected chi connectivity index (χ4v) is 5.60. The van der Waals surface area contributed by atoms with Crippen LogP contribution in [0.4, 0.5) is 4.79 Å². The van der Waals surface area contributed by atoms with E-state index < -0.39 is 5.60 Å². The number of methoxy groups -OCH3 is 1. The third-order valence-corrected chi connectivity index (χ3v) is 7.68. The quantitative estimate of drug-likeness (QED) is 0.362. The Hall–Kier alpha value is -2.57. The van der Waals surface area contributed by atoms with Crippen molar-refractivity contribution in [1.82, 2.24) is 15.1 Å². The lowest BCUT2D eigenvalue weighted by Crippen LogP contribution is -2.39. The van der Waals surface area contributed by atoms with Crippen LogP contribution in [0, 0.1) is 0 Å². The summed E-state index contributed by atoms with van der Waals surface area (Å²) in [4.78, 5) is 17.3. The Balaban J connectivity index is 1.27. The molecule has 1 amide bonds. The normalized spacial score (nSPS) is 17.0. The summed E-state index contributed by atoms with van der Waals surface area (Å²) in [5, 5.41) is 2.95. The second-order valence-corrected chi connectivity index (χ2v) is 11.9. The first-order valence-electron chi connectivity index (χ1n) is 14.4. The Bertz CT molecular complexity index is 1020. The number of amides is 1. The van der Waals surface area contributed by atoms with Gasteiger partial charge in [0.1, 0.15) is 11.4 Å². The summed E-state index contributed by atoms with van der Waals surface area (Å²) >= 11 is 0. The molecule has 38 heavy (non-hydrogen) atoms. The maximum atomic E-state index is 12.2. The molecule has 2 aromatic rings. The average Bonchev–Trinajstić information content (AvgIpc) is 3.74. The number of nitrogens with zero attached hydrogens (tertiary/aromatic N) is 2. The molecule has 2 fully saturated rings. The van der Waals surface area contributed by atoms with Crippen LogP contribution in [0.1, 0.15) is 81.4 Å². The number of carbonyl (C=O) groups excluding carboxylic acids is 1. The molecule has 6 heteroatoms. The number of likely N-dealkylation sites (tertiary alicyclic amines) is 1. The Kier molecular flexibility index (Phi) is 10.1. The van der Waals surface area contributed by atoms with E-state index in [9.17, 15) is 4.79 Å². The van der Waals surface area contributed by atoms with Gasteiger partial charge >= 0.3 is 6.09 Å². The number of piperidine rings is 1. The fourth-order valence-electron chi connectivity index (χ4n) is 5.60. The third-order valence-electron chi connectivity index (χ3n) is 7.68. The van der Waals surface area contributed by atoms with Gasteiger partial charge in [0.25, 0.3) is 0 Å². The molecule has 1 saturated heterocycles. The minimum Gasteiger partial charge on any atom is -0.496 e. The number of para-hydroxylation sites is 1. The molecule has 0 radical (unpaired) electrons. The van der Waals surface area contributed by atoms with E-state index in [0.29, 0.717) is 12.5 Å². The van der Waals surface area contributed by atoms with Crippen molar-refractivity contribution in [3.8, 4) is 5.75 Å². The zero-order valence-corrected chi connectivity index (χ0v) is 23.9. The number of benzene rings is 2. The molecule has 1 heterocycles. The molecular weight excluding hydrogens is 474 g/mol. The second-order valence-electron chi connectivity index (χ2n) is 11.9. The molecule has 2 aliphatic rings. The van der Waals surface area contributed by atoms with Gasteiger partial charge in [0.2, 0.25) is 0 Å². The van der Waals surface area contributed by atoms with Crippen LogP contribution in [0.2, 0.25) is 0 Å². The Morgan fingerprint density at radius 3 is 2.29 bits per heavy atom. The molecular formula is C32H47N3O3. The minimum absolute atomic E-state index is 0.339. The van der Waals surface area contributed by atoms with Crippen molar-refractivity contribution in [3.63, 3.8) is 0 Å². The molecule has 1 saturated carbocycles. The van der Waals surface area contributed by atoms with Crippen LogP contribution < -0.4 is 10.1 Å². The van der Waals surface area contributed by atoms with E-state index >= 15 is 0 Å². The Labute approximate surface area is 229 Å². The molecule has 0 atom stereocenters. The second kappa shape index (κ2) is 13.5. The maximum absolute atomic E-state index is 12.2. The summed E-state index contributed by atoms with van der Waals surface area (Å²) in [5.41, 5.74) is 3.82. The van der Waals surface area contributed by atoms with Crippen LogP contribution in [0.3, 0.4) is 0 Å². The van der Waals surface area contributed by atoms with E-state index in [0.717, 1.165) is 57.4 Å². The molecule has 0 bridgehead atoms. The first-order valence-corrected chi connectivity index (χ1v) is 14.4. The van der Waals surface area contributed by atoms with E-state index in [1.165, 1.54) is 42.4 Å². The van der Waals surface area contributed by atoms with Crippen LogP contribution in [-0.4, -0.2) is 67.9 Å². The molecule has 4 rings (SSSR count). The van der Waals surface area contributed by atoms with E-state index in [4.69, 9.17) is 9.47 Å². The summed E-state index contributed by atoms with van der Waals surface area (Å²) in [6.07, 6.45) is 5.76. The van der Waals surface area contributed by atoms with Gasteiger partial charge in [0, 0.05) is 19.6 Å². The number of ether oxygens (including phenoxy) is 2. The highest BCUT2D eigenvalue weighted by molar-refractivity contribution is 5.67. The molecule has 1 aliphatic heterocycles. The lowest BCUT2D eigenvalue weighted by atomic mass is 9.89. The first-order chi connectivity index (χ1) is 18.3. The molecule has 0 spiro atoms. The van der Waals surface area contributed by atoms with Gasteiger partial charge in [-0.05, 0) is 114 Å². The number of rotatable bonds is 12. The van der Waals surface area contributed by atoms with Crippen LogP contribution in [-0.2, 0) is 11.3 Å². The molecule has 2 aromatic carbocycles. The summed E-state index contributed by atoms with van der Waals surface area (Å²) in [6, 6.07) is 17.4. The van der Waals surface area contributed by atoms with Crippen LogP contribution in [0.5, 0.6) is 5.75 Å². The average molecular weight is 522 g/mol. The van der Waals surface area contributed by atoms with Gasteiger partial charge in [-0.1, -0.05) is 42.5 Å². The molecule has 1 N–H and O–H groups in total. The van der Waals surface area contributed by atoms with Crippen LogP contribution >= 0.6 is 0 Å². The molecule has 6 nitrogen and oxygen atoms in total. The van der Waals surface area contributed by atoms with Crippen molar-refractivity contribution in [2.24, 2.45) is 0 Å². The van der Waals surface area contributed by atoms with E-state index in [-0.39, 0.29) is 6.09 Å². The van der Waals surface area contributed by atoms with E-state index in [1.807, 2.05) is 20.8 Å². The van der Waals surface area contributed by atoms with Gasteiger partial charge in [0.15, 0.2) is 0 Å². The number of hydrogen-bond donors (Lipinski definition) is 1. The largest absolute Gasteiger partial charge is 0.496 e. The lowest BCUT2D eigenvalue weighted by Gasteiger charge is -2.33. The van der Waals surface area contributed by atoms with Crippen LogP contribution in [0.25, 0.3) is 0 Å². The Morgan fingerprint density at radius 2 is 1.61 bits per heavy atom. The van der Waals surface area contributed by atoms with Crippen molar-refractivity contribution in [1.29, 1.82) is 0 Å². The predicted molar refractivity (Wildman–Crippen MR) is 154 cm³/mol.